The van der Waals surface area contributed by atoms with Gasteiger partial charge in [-0.1, -0.05) is 41.9 Å². The molecular formula is C14H11BrClNO. The summed E-state index contributed by atoms with van der Waals surface area (Å²) in [5, 5.41) is 3.47. The van der Waals surface area contributed by atoms with E-state index < -0.39 is 0 Å². The lowest BCUT2D eigenvalue weighted by molar-refractivity contribution is -0.115. The van der Waals surface area contributed by atoms with E-state index in [4.69, 9.17) is 11.6 Å². The van der Waals surface area contributed by atoms with Gasteiger partial charge in [0.2, 0.25) is 5.91 Å². The highest BCUT2D eigenvalue weighted by Crippen LogP contribution is 2.25. The molecule has 0 aliphatic heterocycles. The van der Waals surface area contributed by atoms with Crippen molar-refractivity contribution in [3.63, 3.8) is 0 Å². The van der Waals surface area contributed by atoms with Gasteiger partial charge >= 0.3 is 0 Å². The van der Waals surface area contributed by atoms with E-state index in [1.54, 1.807) is 18.2 Å². The Morgan fingerprint density at radius 2 is 1.89 bits per heavy atom. The molecule has 2 nitrogen and oxygen atoms in total. The average molecular weight is 325 g/mol. The second-order valence-electron chi connectivity index (χ2n) is 3.83. The molecule has 0 saturated heterocycles. The van der Waals surface area contributed by atoms with Gasteiger partial charge < -0.3 is 5.32 Å². The summed E-state index contributed by atoms with van der Waals surface area (Å²) in [6, 6.07) is 14.9. The molecule has 18 heavy (non-hydrogen) atoms. The fourth-order valence-corrected chi connectivity index (χ4v) is 2.35. The van der Waals surface area contributed by atoms with Crippen molar-refractivity contribution in [3.8, 4) is 0 Å². The number of amides is 1. The molecule has 0 radical (unpaired) electrons. The summed E-state index contributed by atoms with van der Waals surface area (Å²) in [7, 11) is 0. The SMILES string of the molecule is O=C(Cc1ccccc1)Nc1ccc(Cl)cc1Br. The van der Waals surface area contributed by atoms with Crippen LogP contribution in [0.4, 0.5) is 5.69 Å². The highest BCUT2D eigenvalue weighted by atomic mass is 79.9. The van der Waals surface area contributed by atoms with Crippen molar-refractivity contribution < 1.29 is 4.79 Å². The molecule has 1 amide bonds. The van der Waals surface area contributed by atoms with Crippen LogP contribution in [0, 0.1) is 0 Å². The molecule has 0 spiro atoms. The Kier molecular flexibility index (Phi) is 4.39. The van der Waals surface area contributed by atoms with Gasteiger partial charge in [0.15, 0.2) is 0 Å². The minimum atomic E-state index is -0.0516. The maximum atomic E-state index is 11.9. The predicted octanol–water partition coefficient (Wildman–Crippen LogP) is 4.28. The van der Waals surface area contributed by atoms with E-state index >= 15 is 0 Å². The van der Waals surface area contributed by atoms with Crippen LogP contribution in [-0.4, -0.2) is 5.91 Å². The molecule has 0 aliphatic carbocycles. The van der Waals surface area contributed by atoms with Crippen molar-refractivity contribution in [1.82, 2.24) is 0 Å². The van der Waals surface area contributed by atoms with Gasteiger partial charge in [-0.25, -0.2) is 0 Å². The Morgan fingerprint density at radius 1 is 1.17 bits per heavy atom. The molecule has 0 atom stereocenters. The van der Waals surface area contributed by atoms with Crippen LogP contribution in [-0.2, 0) is 11.2 Å². The summed E-state index contributed by atoms with van der Waals surface area (Å²) in [6.45, 7) is 0. The van der Waals surface area contributed by atoms with Crippen molar-refractivity contribution >= 4 is 39.1 Å². The highest BCUT2D eigenvalue weighted by molar-refractivity contribution is 9.10. The molecule has 0 fully saturated rings. The molecule has 0 bridgehead atoms. The summed E-state index contributed by atoms with van der Waals surface area (Å²) in [6.07, 6.45) is 0.357. The van der Waals surface area contributed by atoms with Crippen LogP contribution in [0.2, 0.25) is 5.02 Å². The molecule has 0 aliphatic rings. The molecule has 0 saturated carbocycles. The minimum Gasteiger partial charge on any atom is -0.325 e. The van der Waals surface area contributed by atoms with Gasteiger partial charge in [-0.3, -0.25) is 4.79 Å². The molecule has 0 aromatic heterocycles. The summed E-state index contributed by atoms with van der Waals surface area (Å²) in [5.41, 5.74) is 1.71. The van der Waals surface area contributed by atoms with E-state index in [1.165, 1.54) is 0 Å². The maximum absolute atomic E-state index is 11.9. The van der Waals surface area contributed by atoms with E-state index in [-0.39, 0.29) is 5.91 Å². The van der Waals surface area contributed by atoms with Crippen LogP contribution < -0.4 is 5.32 Å². The van der Waals surface area contributed by atoms with Crippen LogP contribution >= 0.6 is 27.5 Å². The van der Waals surface area contributed by atoms with Gasteiger partial charge in [-0.15, -0.1) is 0 Å². The third-order valence-corrected chi connectivity index (χ3v) is 3.30. The van der Waals surface area contributed by atoms with Gasteiger partial charge in [-0.2, -0.15) is 0 Å². The maximum Gasteiger partial charge on any atom is 0.228 e. The fourth-order valence-electron chi connectivity index (χ4n) is 1.57. The Bertz CT molecular complexity index is 557. The van der Waals surface area contributed by atoms with Crippen molar-refractivity contribution in [3.05, 3.63) is 63.6 Å². The average Bonchev–Trinajstić information content (AvgIpc) is 2.34. The van der Waals surface area contributed by atoms with Crippen molar-refractivity contribution in [2.45, 2.75) is 6.42 Å². The number of nitrogens with one attached hydrogen (secondary N) is 1. The predicted molar refractivity (Wildman–Crippen MR) is 77.9 cm³/mol. The first-order valence-corrected chi connectivity index (χ1v) is 6.61. The number of benzene rings is 2. The van der Waals surface area contributed by atoms with E-state index in [1.807, 2.05) is 30.3 Å². The largest absolute Gasteiger partial charge is 0.325 e. The molecule has 2 aromatic rings. The second-order valence-corrected chi connectivity index (χ2v) is 5.13. The number of halogens is 2. The normalized spacial score (nSPS) is 10.1. The molecular weight excluding hydrogens is 314 g/mol. The number of rotatable bonds is 3. The molecule has 4 heteroatoms. The lowest BCUT2D eigenvalue weighted by Gasteiger charge is -2.07. The Hall–Kier alpha value is -1.32. The topological polar surface area (TPSA) is 29.1 Å². The summed E-state index contributed by atoms with van der Waals surface area (Å²) in [4.78, 5) is 11.9. The monoisotopic (exact) mass is 323 g/mol. The lowest BCUT2D eigenvalue weighted by Crippen LogP contribution is -2.14. The molecule has 1 N–H and O–H groups in total. The quantitative estimate of drug-likeness (QED) is 0.897. The lowest BCUT2D eigenvalue weighted by atomic mass is 10.1. The summed E-state index contributed by atoms with van der Waals surface area (Å²) >= 11 is 9.20. The zero-order valence-corrected chi connectivity index (χ0v) is 11.8. The smallest absolute Gasteiger partial charge is 0.228 e. The van der Waals surface area contributed by atoms with Crippen LogP contribution in [0.25, 0.3) is 0 Å². The van der Waals surface area contributed by atoms with E-state index in [9.17, 15) is 4.79 Å². The van der Waals surface area contributed by atoms with E-state index in [0.717, 1.165) is 15.7 Å². The zero-order chi connectivity index (χ0) is 13.0. The molecule has 0 unspecified atom stereocenters. The van der Waals surface area contributed by atoms with Gasteiger partial charge in [0.25, 0.3) is 0 Å². The summed E-state index contributed by atoms with van der Waals surface area (Å²) in [5.74, 6) is -0.0516. The number of hydrogen-bond acceptors (Lipinski definition) is 1. The molecule has 92 valence electrons. The van der Waals surface area contributed by atoms with Crippen LogP contribution in [0.1, 0.15) is 5.56 Å². The first-order chi connectivity index (χ1) is 8.65. The standard InChI is InChI=1S/C14H11BrClNO/c15-12-9-11(16)6-7-13(12)17-14(18)8-10-4-2-1-3-5-10/h1-7,9H,8H2,(H,17,18). The minimum absolute atomic E-state index is 0.0516. The van der Waals surface area contributed by atoms with Gasteiger partial charge in [0.05, 0.1) is 12.1 Å². The highest BCUT2D eigenvalue weighted by Gasteiger charge is 2.06. The van der Waals surface area contributed by atoms with Crippen LogP contribution in [0.3, 0.4) is 0 Å². The number of hydrogen-bond donors (Lipinski definition) is 1. The molecule has 2 aromatic carbocycles. The van der Waals surface area contributed by atoms with Gasteiger partial charge in [-0.05, 0) is 39.7 Å². The van der Waals surface area contributed by atoms with E-state index in [2.05, 4.69) is 21.2 Å². The second kappa shape index (κ2) is 6.03. The number of carbonyl (C=O) groups is 1. The molecule has 0 heterocycles. The first-order valence-electron chi connectivity index (χ1n) is 5.44. The Balaban J connectivity index is 2.03. The first kappa shape index (κ1) is 13.1. The van der Waals surface area contributed by atoms with Crippen molar-refractivity contribution in [2.75, 3.05) is 5.32 Å². The third-order valence-electron chi connectivity index (χ3n) is 2.41. The third kappa shape index (κ3) is 3.59. The Morgan fingerprint density at radius 3 is 2.56 bits per heavy atom. The summed E-state index contributed by atoms with van der Waals surface area (Å²) < 4.78 is 0.774. The zero-order valence-electron chi connectivity index (χ0n) is 9.49. The van der Waals surface area contributed by atoms with E-state index in [0.29, 0.717) is 11.4 Å². The van der Waals surface area contributed by atoms with Gasteiger partial charge in [0, 0.05) is 9.50 Å². The van der Waals surface area contributed by atoms with Gasteiger partial charge in [0.1, 0.15) is 0 Å². The van der Waals surface area contributed by atoms with Crippen LogP contribution in [0.15, 0.2) is 53.0 Å². The fraction of sp³-hybridized carbons (Fsp3) is 0.0714. The van der Waals surface area contributed by atoms with Crippen molar-refractivity contribution in [1.29, 1.82) is 0 Å². The number of anilines is 1. The molecule has 2 rings (SSSR count). The number of carbonyl (C=O) groups excluding carboxylic acids is 1. The van der Waals surface area contributed by atoms with Crippen molar-refractivity contribution in [2.24, 2.45) is 0 Å². The Labute approximate surface area is 119 Å². The van der Waals surface area contributed by atoms with Crippen LogP contribution in [0.5, 0.6) is 0 Å².